The third-order valence-electron chi connectivity index (χ3n) is 4.52. The van der Waals surface area contributed by atoms with Crippen LogP contribution in [0.2, 0.25) is 0 Å². The Morgan fingerprint density at radius 2 is 1.89 bits per heavy atom. The highest BCUT2D eigenvalue weighted by molar-refractivity contribution is 4.91. The second-order valence-electron chi connectivity index (χ2n) is 7.01. The molecule has 1 aliphatic heterocycles. The van der Waals surface area contributed by atoms with E-state index in [1.54, 1.807) is 0 Å². The molecule has 3 unspecified atom stereocenters. The van der Waals surface area contributed by atoms with E-state index in [0.717, 1.165) is 24.3 Å². The molecule has 18 heavy (non-hydrogen) atoms. The van der Waals surface area contributed by atoms with Gasteiger partial charge in [0.05, 0.1) is 11.5 Å². The second-order valence-corrected chi connectivity index (χ2v) is 7.01. The Labute approximate surface area is 113 Å². The minimum atomic E-state index is -0.145. The number of hydrogen-bond donors (Lipinski definition) is 0. The summed E-state index contributed by atoms with van der Waals surface area (Å²) in [6.45, 7) is 13.7. The smallest absolute Gasteiger partial charge is 0.0683 e. The highest BCUT2D eigenvalue weighted by Crippen LogP contribution is 2.27. The monoisotopic (exact) mass is 250 g/mol. The molecule has 0 bridgehead atoms. The van der Waals surface area contributed by atoms with Gasteiger partial charge in [-0.1, -0.05) is 20.3 Å². The number of nitrogens with zero attached hydrogens (tertiary/aromatic N) is 2. The fourth-order valence-corrected chi connectivity index (χ4v) is 3.07. The number of hydrogen-bond acceptors (Lipinski definition) is 2. The van der Waals surface area contributed by atoms with E-state index in [1.165, 1.54) is 32.4 Å². The largest absolute Gasteiger partial charge is 0.300 e. The predicted octanol–water partition coefficient (Wildman–Crippen LogP) is 4.07. The molecule has 0 N–H and O–H groups in total. The Bertz CT molecular complexity index is 290. The molecule has 104 valence electrons. The third-order valence-corrected chi connectivity index (χ3v) is 4.52. The van der Waals surface area contributed by atoms with Crippen LogP contribution < -0.4 is 0 Å². The van der Waals surface area contributed by atoms with Crippen LogP contribution in [0.5, 0.6) is 0 Å². The maximum Gasteiger partial charge on any atom is 0.0683 e. The minimum Gasteiger partial charge on any atom is -0.300 e. The number of nitriles is 1. The van der Waals surface area contributed by atoms with Crippen LogP contribution in [0.1, 0.15) is 60.3 Å². The van der Waals surface area contributed by atoms with E-state index in [-0.39, 0.29) is 5.41 Å². The summed E-state index contributed by atoms with van der Waals surface area (Å²) in [5.41, 5.74) is -0.145. The number of likely N-dealkylation sites (tertiary alicyclic amines) is 1. The van der Waals surface area contributed by atoms with Crippen molar-refractivity contribution in [2.45, 2.75) is 66.3 Å². The molecular weight excluding hydrogens is 220 g/mol. The first-order valence-electron chi connectivity index (χ1n) is 7.51. The summed E-state index contributed by atoms with van der Waals surface area (Å²) in [5, 5.41) is 8.99. The molecule has 1 saturated heterocycles. The SMILES string of the molecule is CC1CC(C)C(C)N(CCCCC(C)(C)C#N)C1. The molecule has 1 aliphatic rings. The van der Waals surface area contributed by atoms with Gasteiger partial charge in [-0.3, -0.25) is 0 Å². The van der Waals surface area contributed by atoms with Crippen LogP contribution in [-0.2, 0) is 0 Å². The van der Waals surface area contributed by atoms with Crippen molar-refractivity contribution < 1.29 is 0 Å². The summed E-state index contributed by atoms with van der Waals surface area (Å²) in [6.07, 6.45) is 4.80. The summed E-state index contributed by atoms with van der Waals surface area (Å²) in [5.74, 6) is 1.66. The van der Waals surface area contributed by atoms with Gasteiger partial charge in [-0.15, -0.1) is 0 Å². The second kappa shape index (κ2) is 6.57. The van der Waals surface area contributed by atoms with Crippen LogP contribution in [0.3, 0.4) is 0 Å². The lowest BCUT2D eigenvalue weighted by atomic mass is 9.85. The van der Waals surface area contributed by atoms with Gasteiger partial charge in [0.1, 0.15) is 0 Å². The van der Waals surface area contributed by atoms with Gasteiger partial charge in [-0.05, 0) is 58.4 Å². The van der Waals surface area contributed by atoms with Gasteiger partial charge >= 0.3 is 0 Å². The molecule has 0 spiro atoms. The van der Waals surface area contributed by atoms with E-state index < -0.39 is 0 Å². The number of unbranched alkanes of at least 4 members (excludes halogenated alkanes) is 1. The van der Waals surface area contributed by atoms with Gasteiger partial charge < -0.3 is 4.90 Å². The van der Waals surface area contributed by atoms with Gasteiger partial charge in [-0.25, -0.2) is 0 Å². The van der Waals surface area contributed by atoms with E-state index in [0.29, 0.717) is 0 Å². The van der Waals surface area contributed by atoms with Crippen molar-refractivity contribution >= 4 is 0 Å². The molecule has 0 aromatic rings. The fraction of sp³-hybridized carbons (Fsp3) is 0.938. The predicted molar refractivity (Wildman–Crippen MR) is 77.2 cm³/mol. The van der Waals surface area contributed by atoms with Crippen LogP contribution in [0, 0.1) is 28.6 Å². The number of piperidine rings is 1. The molecule has 2 nitrogen and oxygen atoms in total. The summed E-state index contributed by atoms with van der Waals surface area (Å²) in [7, 11) is 0. The third kappa shape index (κ3) is 4.61. The van der Waals surface area contributed by atoms with Crippen molar-refractivity contribution in [1.29, 1.82) is 5.26 Å². The summed E-state index contributed by atoms with van der Waals surface area (Å²) in [6, 6.07) is 3.12. The molecule has 1 fully saturated rings. The van der Waals surface area contributed by atoms with Crippen molar-refractivity contribution in [3.8, 4) is 6.07 Å². The van der Waals surface area contributed by atoms with Crippen LogP contribution in [-0.4, -0.2) is 24.0 Å². The molecular formula is C16H30N2. The van der Waals surface area contributed by atoms with E-state index in [9.17, 15) is 0 Å². The zero-order valence-electron chi connectivity index (χ0n) is 12.9. The zero-order valence-corrected chi connectivity index (χ0v) is 12.9. The van der Waals surface area contributed by atoms with Gasteiger partial charge in [-0.2, -0.15) is 5.26 Å². The molecule has 3 atom stereocenters. The Morgan fingerprint density at radius 3 is 2.50 bits per heavy atom. The average molecular weight is 250 g/mol. The highest BCUT2D eigenvalue weighted by Gasteiger charge is 2.28. The Kier molecular flexibility index (Phi) is 5.66. The van der Waals surface area contributed by atoms with Crippen LogP contribution in [0.4, 0.5) is 0 Å². The van der Waals surface area contributed by atoms with Gasteiger partial charge in [0.15, 0.2) is 0 Å². The molecule has 2 heteroatoms. The fourth-order valence-electron chi connectivity index (χ4n) is 3.07. The molecule has 0 radical (unpaired) electrons. The lowest BCUT2D eigenvalue weighted by Crippen LogP contribution is -2.46. The van der Waals surface area contributed by atoms with Crippen molar-refractivity contribution in [3.63, 3.8) is 0 Å². The van der Waals surface area contributed by atoms with Crippen LogP contribution in [0.25, 0.3) is 0 Å². The van der Waals surface area contributed by atoms with Crippen molar-refractivity contribution in [1.82, 2.24) is 4.90 Å². The van der Waals surface area contributed by atoms with E-state index in [2.05, 4.69) is 31.7 Å². The van der Waals surface area contributed by atoms with E-state index in [4.69, 9.17) is 5.26 Å². The Morgan fingerprint density at radius 1 is 1.22 bits per heavy atom. The standard InChI is InChI=1S/C16H30N2/c1-13-10-14(2)15(3)18(11-13)9-7-6-8-16(4,5)12-17/h13-15H,6-11H2,1-5H3. The quantitative estimate of drug-likeness (QED) is 0.688. The molecule has 0 aromatic carbocycles. The summed E-state index contributed by atoms with van der Waals surface area (Å²) >= 11 is 0. The molecule has 0 saturated carbocycles. The number of rotatable bonds is 5. The first kappa shape index (κ1) is 15.5. The van der Waals surface area contributed by atoms with Gasteiger partial charge in [0.25, 0.3) is 0 Å². The first-order valence-corrected chi connectivity index (χ1v) is 7.51. The maximum absolute atomic E-state index is 8.99. The lowest BCUT2D eigenvalue weighted by Gasteiger charge is -2.41. The van der Waals surface area contributed by atoms with Gasteiger partial charge in [0, 0.05) is 12.6 Å². The Hall–Kier alpha value is -0.550. The topological polar surface area (TPSA) is 27.0 Å². The van der Waals surface area contributed by atoms with Crippen molar-refractivity contribution in [2.24, 2.45) is 17.3 Å². The molecule has 1 rings (SSSR count). The molecule has 0 aromatic heterocycles. The normalized spacial score (nSPS) is 30.1. The first-order chi connectivity index (χ1) is 8.35. The highest BCUT2D eigenvalue weighted by atomic mass is 15.2. The lowest BCUT2D eigenvalue weighted by molar-refractivity contribution is 0.0776. The minimum absolute atomic E-state index is 0.145. The maximum atomic E-state index is 8.99. The summed E-state index contributed by atoms with van der Waals surface area (Å²) in [4.78, 5) is 2.65. The van der Waals surface area contributed by atoms with Gasteiger partial charge in [0.2, 0.25) is 0 Å². The Balaban J connectivity index is 2.28. The molecule has 0 amide bonds. The average Bonchev–Trinajstić information content (AvgIpc) is 2.30. The molecule has 1 heterocycles. The summed E-state index contributed by atoms with van der Waals surface area (Å²) < 4.78 is 0. The molecule has 0 aliphatic carbocycles. The van der Waals surface area contributed by atoms with Crippen LogP contribution in [0.15, 0.2) is 0 Å². The zero-order chi connectivity index (χ0) is 13.8. The van der Waals surface area contributed by atoms with E-state index in [1.807, 2.05) is 13.8 Å². The van der Waals surface area contributed by atoms with Crippen LogP contribution >= 0.6 is 0 Å². The van der Waals surface area contributed by atoms with E-state index >= 15 is 0 Å². The van der Waals surface area contributed by atoms with Crippen molar-refractivity contribution in [3.05, 3.63) is 0 Å². The van der Waals surface area contributed by atoms with Crippen molar-refractivity contribution in [2.75, 3.05) is 13.1 Å².